The third-order valence-corrected chi connectivity index (χ3v) is 2.54. The van der Waals surface area contributed by atoms with Gasteiger partial charge >= 0.3 is 0 Å². The van der Waals surface area contributed by atoms with Crippen LogP contribution in [0.5, 0.6) is 5.75 Å². The first-order chi connectivity index (χ1) is 7.69. The summed E-state index contributed by atoms with van der Waals surface area (Å²) in [7, 11) is 1.54. The molecular formula is C12H14BrNO2. The molecule has 0 fully saturated rings. The molecule has 1 amide bonds. The molecule has 0 saturated heterocycles. The summed E-state index contributed by atoms with van der Waals surface area (Å²) < 4.78 is 6.02. The van der Waals surface area contributed by atoms with E-state index in [9.17, 15) is 4.79 Å². The minimum Gasteiger partial charge on any atom is -0.496 e. The molecule has 86 valence electrons. The number of halogens is 1. The Kier molecular flexibility index (Phi) is 5.05. The van der Waals surface area contributed by atoms with Gasteiger partial charge in [0.25, 0.3) is 5.91 Å². The third kappa shape index (κ3) is 3.38. The molecule has 1 aromatic rings. The Bertz CT molecular complexity index is 391. The molecule has 1 rings (SSSR count). The number of rotatable bonds is 5. The van der Waals surface area contributed by atoms with Crippen molar-refractivity contribution in [3.63, 3.8) is 0 Å². The highest BCUT2D eigenvalue weighted by atomic mass is 79.9. The average Bonchev–Trinajstić information content (AvgIpc) is 2.29. The standard InChI is InChI=1S/C12H14BrNO2/c1-3-4-7-14-12(15)10-6-5-9(13)8-11(10)16-2/h3,5-6,8H,1,4,7H2,2H3,(H,14,15). The van der Waals surface area contributed by atoms with E-state index in [1.165, 1.54) is 0 Å². The van der Waals surface area contributed by atoms with Gasteiger partial charge in [0.2, 0.25) is 0 Å². The second kappa shape index (κ2) is 6.33. The zero-order valence-electron chi connectivity index (χ0n) is 9.13. The Morgan fingerprint density at radius 3 is 3.00 bits per heavy atom. The van der Waals surface area contributed by atoms with Crippen LogP contribution in [0.1, 0.15) is 16.8 Å². The van der Waals surface area contributed by atoms with Gasteiger partial charge in [0.1, 0.15) is 5.75 Å². The number of hydrogen-bond donors (Lipinski definition) is 1. The van der Waals surface area contributed by atoms with Crippen molar-refractivity contribution in [1.82, 2.24) is 5.32 Å². The first-order valence-electron chi connectivity index (χ1n) is 4.91. The first-order valence-corrected chi connectivity index (χ1v) is 5.71. The van der Waals surface area contributed by atoms with Gasteiger partial charge in [-0.1, -0.05) is 22.0 Å². The summed E-state index contributed by atoms with van der Waals surface area (Å²) in [6, 6.07) is 5.31. The Hall–Kier alpha value is -1.29. The fourth-order valence-corrected chi connectivity index (χ4v) is 1.58. The molecule has 0 atom stereocenters. The van der Waals surface area contributed by atoms with E-state index in [1.54, 1.807) is 25.3 Å². The minimum absolute atomic E-state index is 0.133. The maximum absolute atomic E-state index is 11.8. The Labute approximate surface area is 104 Å². The maximum Gasteiger partial charge on any atom is 0.255 e. The van der Waals surface area contributed by atoms with Crippen LogP contribution < -0.4 is 10.1 Å². The summed E-state index contributed by atoms with van der Waals surface area (Å²) in [6.07, 6.45) is 2.52. The van der Waals surface area contributed by atoms with E-state index >= 15 is 0 Å². The molecule has 4 heteroatoms. The highest BCUT2D eigenvalue weighted by Gasteiger charge is 2.11. The minimum atomic E-state index is -0.133. The number of benzene rings is 1. The van der Waals surface area contributed by atoms with Gasteiger partial charge in [-0.3, -0.25) is 4.79 Å². The lowest BCUT2D eigenvalue weighted by atomic mass is 10.2. The van der Waals surface area contributed by atoms with E-state index in [-0.39, 0.29) is 5.91 Å². The molecule has 0 aliphatic heterocycles. The zero-order chi connectivity index (χ0) is 12.0. The summed E-state index contributed by atoms with van der Waals surface area (Å²) >= 11 is 3.33. The van der Waals surface area contributed by atoms with Crippen LogP contribution in [-0.4, -0.2) is 19.6 Å². The molecule has 16 heavy (non-hydrogen) atoms. The van der Waals surface area contributed by atoms with E-state index < -0.39 is 0 Å². The monoisotopic (exact) mass is 283 g/mol. The number of carbonyl (C=O) groups is 1. The van der Waals surface area contributed by atoms with E-state index in [1.807, 2.05) is 6.07 Å². The Morgan fingerprint density at radius 1 is 1.62 bits per heavy atom. The predicted molar refractivity (Wildman–Crippen MR) is 67.8 cm³/mol. The lowest BCUT2D eigenvalue weighted by Crippen LogP contribution is -2.24. The molecule has 1 N–H and O–H groups in total. The summed E-state index contributed by atoms with van der Waals surface area (Å²) in [5, 5.41) is 2.79. The number of carbonyl (C=O) groups excluding carboxylic acids is 1. The van der Waals surface area contributed by atoms with Crippen molar-refractivity contribution in [2.24, 2.45) is 0 Å². The number of amides is 1. The van der Waals surface area contributed by atoms with Crippen LogP contribution in [0, 0.1) is 0 Å². The van der Waals surface area contributed by atoms with Crippen molar-refractivity contribution in [3.8, 4) is 5.75 Å². The van der Waals surface area contributed by atoms with Gasteiger partial charge in [-0.15, -0.1) is 6.58 Å². The molecule has 0 bridgehead atoms. The van der Waals surface area contributed by atoms with Gasteiger partial charge in [0.15, 0.2) is 0 Å². The van der Waals surface area contributed by atoms with Crippen LogP contribution in [0.3, 0.4) is 0 Å². The smallest absolute Gasteiger partial charge is 0.255 e. The molecule has 0 radical (unpaired) electrons. The number of ether oxygens (including phenoxy) is 1. The molecule has 0 spiro atoms. The number of hydrogen-bond acceptors (Lipinski definition) is 2. The fourth-order valence-electron chi connectivity index (χ4n) is 1.24. The van der Waals surface area contributed by atoms with Crippen molar-refractivity contribution in [3.05, 3.63) is 40.9 Å². The van der Waals surface area contributed by atoms with Gasteiger partial charge in [-0.2, -0.15) is 0 Å². The van der Waals surface area contributed by atoms with Crippen molar-refractivity contribution in [1.29, 1.82) is 0 Å². The Morgan fingerprint density at radius 2 is 2.38 bits per heavy atom. The molecule has 1 aromatic carbocycles. The fraction of sp³-hybridized carbons (Fsp3) is 0.250. The van der Waals surface area contributed by atoms with Crippen LogP contribution in [0.15, 0.2) is 35.3 Å². The van der Waals surface area contributed by atoms with Crippen LogP contribution in [-0.2, 0) is 0 Å². The highest BCUT2D eigenvalue weighted by Crippen LogP contribution is 2.23. The lowest BCUT2D eigenvalue weighted by molar-refractivity contribution is 0.0951. The maximum atomic E-state index is 11.8. The number of methoxy groups -OCH3 is 1. The third-order valence-electron chi connectivity index (χ3n) is 2.04. The first kappa shape index (κ1) is 12.8. The van der Waals surface area contributed by atoms with Gasteiger partial charge in [0.05, 0.1) is 12.7 Å². The zero-order valence-corrected chi connectivity index (χ0v) is 10.7. The van der Waals surface area contributed by atoms with Crippen molar-refractivity contribution >= 4 is 21.8 Å². The van der Waals surface area contributed by atoms with Gasteiger partial charge in [0, 0.05) is 11.0 Å². The Balaban J connectivity index is 2.78. The molecule has 0 saturated carbocycles. The second-order valence-corrected chi connectivity index (χ2v) is 4.09. The van der Waals surface area contributed by atoms with E-state index in [0.29, 0.717) is 17.9 Å². The SMILES string of the molecule is C=CCCNC(=O)c1ccc(Br)cc1OC. The van der Waals surface area contributed by atoms with E-state index in [4.69, 9.17) is 4.74 Å². The molecule has 0 aromatic heterocycles. The molecule has 3 nitrogen and oxygen atoms in total. The predicted octanol–water partition coefficient (Wildman–Crippen LogP) is 2.76. The van der Waals surface area contributed by atoms with Gasteiger partial charge in [-0.25, -0.2) is 0 Å². The van der Waals surface area contributed by atoms with Crippen LogP contribution in [0.25, 0.3) is 0 Å². The molecule has 0 heterocycles. The van der Waals surface area contributed by atoms with E-state index in [2.05, 4.69) is 27.8 Å². The summed E-state index contributed by atoms with van der Waals surface area (Å²) in [4.78, 5) is 11.8. The number of nitrogens with one attached hydrogen (secondary N) is 1. The average molecular weight is 284 g/mol. The van der Waals surface area contributed by atoms with Crippen molar-refractivity contribution in [2.45, 2.75) is 6.42 Å². The summed E-state index contributed by atoms with van der Waals surface area (Å²) in [5.41, 5.74) is 0.537. The van der Waals surface area contributed by atoms with Crippen LogP contribution in [0.4, 0.5) is 0 Å². The van der Waals surface area contributed by atoms with E-state index in [0.717, 1.165) is 10.9 Å². The van der Waals surface area contributed by atoms with Crippen molar-refractivity contribution in [2.75, 3.05) is 13.7 Å². The van der Waals surface area contributed by atoms with Crippen molar-refractivity contribution < 1.29 is 9.53 Å². The van der Waals surface area contributed by atoms with Gasteiger partial charge < -0.3 is 10.1 Å². The molecule has 0 aliphatic rings. The largest absolute Gasteiger partial charge is 0.496 e. The molecule has 0 aliphatic carbocycles. The lowest BCUT2D eigenvalue weighted by Gasteiger charge is -2.08. The quantitative estimate of drug-likeness (QED) is 0.667. The molecular weight excluding hydrogens is 270 g/mol. The normalized spacial score (nSPS) is 9.62. The highest BCUT2D eigenvalue weighted by molar-refractivity contribution is 9.10. The van der Waals surface area contributed by atoms with Gasteiger partial charge in [-0.05, 0) is 24.6 Å². The summed E-state index contributed by atoms with van der Waals surface area (Å²) in [5.74, 6) is 0.427. The topological polar surface area (TPSA) is 38.3 Å². The second-order valence-electron chi connectivity index (χ2n) is 3.18. The van der Waals surface area contributed by atoms with Crippen LogP contribution in [0.2, 0.25) is 0 Å². The van der Waals surface area contributed by atoms with Crippen LogP contribution >= 0.6 is 15.9 Å². The summed E-state index contributed by atoms with van der Waals surface area (Å²) in [6.45, 7) is 4.18. The molecule has 0 unspecified atom stereocenters.